The van der Waals surface area contributed by atoms with Gasteiger partial charge in [0.15, 0.2) is 0 Å². The lowest BCUT2D eigenvalue weighted by Gasteiger charge is -2.25. The van der Waals surface area contributed by atoms with E-state index in [4.69, 9.17) is 0 Å². The number of phenols is 1. The molecule has 2 amide bonds. The third-order valence-corrected chi connectivity index (χ3v) is 5.94. The highest BCUT2D eigenvalue weighted by Crippen LogP contribution is 2.38. The lowest BCUT2D eigenvalue weighted by Crippen LogP contribution is -2.44. The van der Waals surface area contributed by atoms with Crippen LogP contribution in [-0.4, -0.2) is 27.7 Å². The van der Waals surface area contributed by atoms with E-state index in [9.17, 15) is 27.9 Å². The number of carbonyl (C=O) groups is 2. The lowest BCUT2D eigenvalue weighted by atomic mass is 10.0. The van der Waals surface area contributed by atoms with Crippen molar-refractivity contribution < 1.29 is 27.9 Å². The first-order valence-electron chi connectivity index (χ1n) is 9.12. The molecule has 0 spiro atoms. The van der Waals surface area contributed by atoms with E-state index in [-0.39, 0.29) is 28.0 Å². The van der Waals surface area contributed by atoms with Crippen LogP contribution in [0.5, 0.6) is 5.75 Å². The van der Waals surface area contributed by atoms with Gasteiger partial charge in [0.05, 0.1) is 11.3 Å². The van der Waals surface area contributed by atoms with E-state index in [1.807, 2.05) is 0 Å². The fraction of sp³-hybridized carbons (Fsp3) is 0.0909. The summed E-state index contributed by atoms with van der Waals surface area (Å²) in [6.07, 6.45) is 0. The number of hydrogen-bond donors (Lipinski definition) is 2. The van der Waals surface area contributed by atoms with Gasteiger partial charge < -0.3 is 5.11 Å². The molecule has 0 radical (unpaired) electrons. The maximum Gasteiger partial charge on any atom is 0.273 e. The van der Waals surface area contributed by atoms with Crippen molar-refractivity contribution in [3.05, 3.63) is 89.2 Å². The molecule has 0 aliphatic carbocycles. The number of nitrogens with zero attached hydrogens (tertiary/aromatic N) is 1. The van der Waals surface area contributed by atoms with Crippen molar-refractivity contribution >= 4 is 23.6 Å². The summed E-state index contributed by atoms with van der Waals surface area (Å²) in [5, 5.41) is 10.4. The Morgan fingerprint density at radius 1 is 1.03 bits per heavy atom. The topological polar surface area (TPSA) is 69.6 Å². The molecule has 1 heterocycles. The Labute approximate surface area is 179 Å². The normalized spacial score (nSPS) is 15.9. The second kappa shape index (κ2) is 8.35. The molecule has 31 heavy (non-hydrogen) atoms. The summed E-state index contributed by atoms with van der Waals surface area (Å²) in [6, 6.07) is 12.7. The van der Waals surface area contributed by atoms with E-state index < -0.39 is 40.4 Å². The van der Waals surface area contributed by atoms with Gasteiger partial charge in [-0.15, -0.1) is 11.8 Å². The Morgan fingerprint density at radius 2 is 1.81 bits per heavy atom. The van der Waals surface area contributed by atoms with E-state index in [2.05, 4.69) is 5.43 Å². The number of rotatable bonds is 4. The minimum absolute atomic E-state index is 0.0338. The first kappa shape index (κ1) is 20.8. The molecule has 1 atom stereocenters. The average molecular weight is 444 g/mol. The van der Waals surface area contributed by atoms with Gasteiger partial charge in [0, 0.05) is 17.2 Å². The number of thioether (sulfide) groups is 1. The number of benzene rings is 3. The third-order valence-electron chi connectivity index (χ3n) is 4.74. The molecule has 1 fully saturated rings. The SMILES string of the molecule is O=C(NN1C(=O)CSC1c1ccccc1F)c1cc(-c2ccc(F)cc2F)ccc1O. The molecule has 9 heteroatoms. The van der Waals surface area contributed by atoms with Gasteiger partial charge in [0.25, 0.3) is 11.8 Å². The Bertz CT molecular complexity index is 1190. The van der Waals surface area contributed by atoms with Crippen LogP contribution < -0.4 is 5.43 Å². The van der Waals surface area contributed by atoms with Crippen LogP contribution in [0.4, 0.5) is 13.2 Å². The highest BCUT2D eigenvalue weighted by atomic mass is 32.2. The minimum atomic E-state index is -0.834. The number of nitrogens with one attached hydrogen (secondary N) is 1. The Morgan fingerprint density at radius 3 is 2.55 bits per heavy atom. The number of halogens is 3. The molecule has 5 nitrogen and oxygen atoms in total. The average Bonchev–Trinajstić information content (AvgIpc) is 3.09. The van der Waals surface area contributed by atoms with Crippen molar-refractivity contribution in [1.82, 2.24) is 10.4 Å². The Hall–Kier alpha value is -3.46. The zero-order chi connectivity index (χ0) is 22.1. The van der Waals surface area contributed by atoms with E-state index in [0.29, 0.717) is 6.07 Å². The van der Waals surface area contributed by atoms with Crippen LogP contribution in [0.3, 0.4) is 0 Å². The van der Waals surface area contributed by atoms with Crippen LogP contribution in [-0.2, 0) is 4.79 Å². The largest absolute Gasteiger partial charge is 0.507 e. The maximum atomic E-state index is 14.2. The van der Waals surface area contributed by atoms with E-state index in [0.717, 1.165) is 22.8 Å². The second-order valence-corrected chi connectivity index (χ2v) is 7.81. The number of hydrogen-bond acceptors (Lipinski definition) is 4. The van der Waals surface area contributed by atoms with Gasteiger partial charge in [-0.3, -0.25) is 15.0 Å². The molecule has 0 bridgehead atoms. The van der Waals surface area contributed by atoms with Crippen molar-refractivity contribution in [3.8, 4) is 16.9 Å². The summed E-state index contributed by atoms with van der Waals surface area (Å²) >= 11 is 1.14. The molecule has 1 aliphatic heterocycles. The standard InChI is InChI=1S/C22H15F3N2O3S/c23-13-6-7-14(18(25)10-13)12-5-8-19(28)16(9-12)21(30)26-27-20(29)11-31-22(27)15-3-1-2-4-17(15)24/h1-10,22,28H,11H2,(H,26,30). The van der Waals surface area contributed by atoms with E-state index in [1.165, 1.54) is 42.5 Å². The highest BCUT2D eigenvalue weighted by molar-refractivity contribution is 8.00. The first-order valence-corrected chi connectivity index (χ1v) is 10.2. The molecule has 0 aromatic heterocycles. The molecule has 1 unspecified atom stereocenters. The Balaban J connectivity index is 1.63. The van der Waals surface area contributed by atoms with Gasteiger partial charge in [-0.2, -0.15) is 0 Å². The zero-order valence-corrected chi connectivity index (χ0v) is 16.6. The summed E-state index contributed by atoms with van der Waals surface area (Å²) in [5.74, 6) is -3.74. The fourth-order valence-corrected chi connectivity index (χ4v) is 4.36. The van der Waals surface area contributed by atoms with Crippen molar-refractivity contribution in [2.45, 2.75) is 5.37 Å². The monoisotopic (exact) mass is 444 g/mol. The minimum Gasteiger partial charge on any atom is -0.507 e. The fourth-order valence-electron chi connectivity index (χ4n) is 3.23. The number of carbonyl (C=O) groups excluding carboxylic acids is 2. The summed E-state index contributed by atoms with van der Waals surface area (Å²) in [4.78, 5) is 25.1. The molecule has 158 valence electrons. The second-order valence-electron chi connectivity index (χ2n) is 6.75. The molecule has 2 N–H and O–H groups in total. The van der Waals surface area contributed by atoms with Crippen molar-refractivity contribution in [1.29, 1.82) is 0 Å². The number of phenolic OH excluding ortho intramolecular Hbond substituents is 1. The van der Waals surface area contributed by atoms with Gasteiger partial charge in [-0.25, -0.2) is 18.2 Å². The highest BCUT2D eigenvalue weighted by Gasteiger charge is 2.36. The van der Waals surface area contributed by atoms with Crippen LogP contribution in [0.25, 0.3) is 11.1 Å². The number of aromatic hydroxyl groups is 1. The summed E-state index contributed by atoms with van der Waals surface area (Å²) in [7, 11) is 0. The number of amides is 2. The third kappa shape index (κ3) is 4.09. The summed E-state index contributed by atoms with van der Waals surface area (Å²) in [5.41, 5.74) is 2.68. The molecule has 0 saturated carbocycles. The molecule has 1 aliphatic rings. The quantitative estimate of drug-likeness (QED) is 0.626. The van der Waals surface area contributed by atoms with Gasteiger partial charge in [0.1, 0.15) is 28.6 Å². The van der Waals surface area contributed by atoms with Crippen molar-refractivity contribution in [2.75, 3.05) is 5.75 Å². The molecular weight excluding hydrogens is 429 g/mol. The van der Waals surface area contributed by atoms with Gasteiger partial charge in [0.2, 0.25) is 0 Å². The van der Waals surface area contributed by atoms with Crippen LogP contribution in [0.1, 0.15) is 21.3 Å². The summed E-state index contributed by atoms with van der Waals surface area (Å²) < 4.78 is 41.5. The number of hydrazine groups is 1. The van der Waals surface area contributed by atoms with Crippen LogP contribution in [0, 0.1) is 17.5 Å². The lowest BCUT2D eigenvalue weighted by molar-refractivity contribution is -0.130. The molecule has 3 aromatic carbocycles. The van der Waals surface area contributed by atoms with Crippen LogP contribution in [0.2, 0.25) is 0 Å². The van der Waals surface area contributed by atoms with Gasteiger partial charge >= 0.3 is 0 Å². The van der Waals surface area contributed by atoms with E-state index in [1.54, 1.807) is 6.07 Å². The van der Waals surface area contributed by atoms with Crippen molar-refractivity contribution in [3.63, 3.8) is 0 Å². The molecule has 4 rings (SSSR count). The predicted octanol–water partition coefficient (Wildman–Crippen LogP) is 4.40. The van der Waals surface area contributed by atoms with Crippen LogP contribution >= 0.6 is 11.8 Å². The molecule has 1 saturated heterocycles. The smallest absolute Gasteiger partial charge is 0.273 e. The molecule has 3 aromatic rings. The van der Waals surface area contributed by atoms with Gasteiger partial charge in [-0.05, 0) is 35.9 Å². The van der Waals surface area contributed by atoms with E-state index >= 15 is 0 Å². The van der Waals surface area contributed by atoms with Gasteiger partial charge in [-0.1, -0.05) is 24.3 Å². The first-order chi connectivity index (χ1) is 14.8. The Kier molecular flexibility index (Phi) is 5.60. The molecular formula is C22H15F3N2O3S. The summed E-state index contributed by atoms with van der Waals surface area (Å²) in [6.45, 7) is 0. The predicted molar refractivity (Wildman–Crippen MR) is 109 cm³/mol. The van der Waals surface area contributed by atoms with Crippen molar-refractivity contribution in [2.24, 2.45) is 0 Å². The maximum absolute atomic E-state index is 14.2. The zero-order valence-electron chi connectivity index (χ0n) is 15.8. The van der Waals surface area contributed by atoms with Crippen LogP contribution in [0.15, 0.2) is 60.7 Å².